The van der Waals surface area contributed by atoms with E-state index >= 15 is 0 Å². The van der Waals surface area contributed by atoms with Crippen molar-refractivity contribution in [1.29, 1.82) is 5.26 Å². The summed E-state index contributed by atoms with van der Waals surface area (Å²) in [6.45, 7) is 4.42. The van der Waals surface area contributed by atoms with E-state index in [0.717, 1.165) is 37.1 Å². The zero-order valence-corrected chi connectivity index (χ0v) is 21.1. The Kier molecular flexibility index (Phi) is 10.2. The van der Waals surface area contributed by atoms with Crippen molar-refractivity contribution < 1.29 is 27.9 Å². The van der Waals surface area contributed by atoms with E-state index in [1.165, 1.54) is 6.07 Å². The van der Waals surface area contributed by atoms with Gasteiger partial charge < -0.3 is 9.64 Å². The number of benzene rings is 2. The first-order chi connectivity index (χ1) is 17.8. The monoisotopic (exact) mass is 516 g/mol. The summed E-state index contributed by atoms with van der Waals surface area (Å²) in [5.41, 5.74) is 1.35. The Morgan fingerprint density at radius 1 is 1.11 bits per heavy atom. The normalized spacial score (nSPS) is 14.7. The topological polar surface area (TPSA) is 84.4 Å². The molecule has 1 aliphatic rings. The Labute approximate surface area is 215 Å². The first kappa shape index (κ1) is 28.3. The van der Waals surface area contributed by atoms with Crippen LogP contribution in [0.25, 0.3) is 0 Å². The number of nitrogens with zero attached hydrogens (tertiary/aromatic N) is 2. The first-order valence-corrected chi connectivity index (χ1v) is 12.8. The fourth-order valence-corrected chi connectivity index (χ4v) is 4.82. The van der Waals surface area contributed by atoms with Crippen molar-refractivity contribution in [1.82, 2.24) is 0 Å². The van der Waals surface area contributed by atoms with Crippen molar-refractivity contribution >= 4 is 17.2 Å². The molecule has 0 radical (unpaired) electrons. The number of rotatable bonds is 12. The Hall–Kier alpha value is -3.25. The lowest BCUT2D eigenvalue weighted by molar-refractivity contribution is -0.379. The average molecular weight is 517 g/mol. The molecule has 1 heterocycles. The molecule has 37 heavy (non-hydrogen) atoms. The first-order valence-electron chi connectivity index (χ1n) is 12.8. The number of alkyl halides is 3. The summed E-state index contributed by atoms with van der Waals surface area (Å²) in [5, 5.41) is 11.4. The Morgan fingerprint density at radius 2 is 1.84 bits per heavy atom. The third-order valence-corrected chi connectivity index (χ3v) is 6.82. The molecule has 198 valence electrons. The lowest BCUT2D eigenvalue weighted by Gasteiger charge is -2.30. The van der Waals surface area contributed by atoms with Crippen molar-refractivity contribution in [3.05, 3.63) is 63.6 Å². The second-order valence-corrected chi connectivity index (χ2v) is 9.35. The molecule has 1 unspecified atom stereocenters. The molecule has 0 aliphatic carbocycles. The maximum absolute atomic E-state index is 13.4. The van der Waals surface area contributed by atoms with Gasteiger partial charge in [-0.05, 0) is 55.0 Å². The number of halogens is 3. The number of nitrogens with one attached hydrogen (secondary N) is 1. The molecule has 9 heteroatoms. The summed E-state index contributed by atoms with van der Waals surface area (Å²) >= 11 is 0. The summed E-state index contributed by atoms with van der Waals surface area (Å²) in [7, 11) is 0. The molecular formula is C28H33F3N3O3+. The van der Waals surface area contributed by atoms with E-state index < -0.39 is 11.7 Å². The smallest absolute Gasteiger partial charge is 0.378 e. The van der Waals surface area contributed by atoms with Gasteiger partial charge in [-0.3, -0.25) is 4.79 Å². The summed E-state index contributed by atoms with van der Waals surface area (Å²) in [6, 6.07) is 10.3. The van der Waals surface area contributed by atoms with Crippen molar-refractivity contribution in [3.8, 4) is 6.07 Å². The van der Waals surface area contributed by atoms with Crippen LogP contribution in [0.15, 0.2) is 36.4 Å². The van der Waals surface area contributed by atoms with E-state index in [1.54, 1.807) is 18.2 Å². The number of hydrogen-bond acceptors (Lipinski definition) is 5. The van der Waals surface area contributed by atoms with Crippen LogP contribution in [-0.4, -0.2) is 32.1 Å². The van der Waals surface area contributed by atoms with Crippen LogP contribution in [0.3, 0.4) is 0 Å². The van der Waals surface area contributed by atoms with Gasteiger partial charge in [-0.1, -0.05) is 26.2 Å². The summed E-state index contributed by atoms with van der Waals surface area (Å²) < 4.78 is 45.6. The van der Waals surface area contributed by atoms with Gasteiger partial charge in [0.15, 0.2) is 5.78 Å². The second kappa shape index (κ2) is 13.3. The van der Waals surface area contributed by atoms with Gasteiger partial charge in [0.1, 0.15) is 0 Å². The molecule has 3 rings (SSSR count). The molecule has 0 spiro atoms. The number of anilines is 1. The molecule has 6 nitrogen and oxygen atoms in total. The number of nitriles is 1. The third-order valence-electron chi connectivity index (χ3n) is 6.82. The van der Waals surface area contributed by atoms with Gasteiger partial charge >= 0.3 is 6.18 Å². The van der Waals surface area contributed by atoms with Crippen LogP contribution in [-0.2, 0) is 10.9 Å². The van der Waals surface area contributed by atoms with Gasteiger partial charge in [0, 0.05) is 53.0 Å². The van der Waals surface area contributed by atoms with Crippen LogP contribution in [0.4, 0.5) is 24.5 Å². The van der Waals surface area contributed by atoms with Gasteiger partial charge in [0.2, 0.25) is 0 Å². The highest BCUT2D eigenvalue weighted by molar-refractivity contribution is 6.02. The van der Waals surface area contributed by atoms with Gasteiger partial charge in [-0.2, -0.15) is 18.4 Å². The van der Waals surface area contributed by atoms with Gasteiger partial charge in [-0.25, -0.2) is 0 Å². The molecular weight excluding hydrogens is 483 g/mol. The van der Waals surface area contributed by atoms with Crippen molar-refractivity contribution in [3.63, 3.8) is 0 Å². The number of Topliss-reactive ketones (excluding diaryl/α,β-unsaturated/α-hetero) is 1. The Balaban J connectivity index is 1.79. The van der Waals surface area contributed by atoms with Crippen molar-refractivity contribution in [2.24, 2.45) is 0 Å². The highest BCUT2D eigenvalue weighted by atomic mass is 19.4. The van der Waals surface area contributed by atoms with Gasteiger partial charge in [-0.15, -0.1) is 0 Å². The minimum Gasteiger partial charge on any atom is -0.378 e. The molecule has 0 bridgehead atoms. The largest absolute Gasteiger partial charge is 0.416 e. The number of nitroso groups, excluding NO2 is 1. The van der Waals surface area contributed by atoms with Crippen molar-refractivity contribution in [2.75, 3.05) is 31.2 Å². The van der Waals surface area contributed by atoms with Gasteiger partial charge in [0.25, 0.3) is 5.69 Å². The molecule has 1 N–H and O–H groups in total. The number of carbonyl (C=O) groups excluding carboxylic acids is 1. The Morgan fingerprint density at radius 3 is 2.49 bits per heavy atom. The second-order valence-electron chi connectivity index (χ2n) is 9.35. The highest BCUT2D eigenvalue weighted by Gasteiger charge is 2.32. The zero-order valence-electron chi connectivity index (χ0n) is 21.1. The minimum atomic E-state index is -4.50. The molecule has 1 saturated heterocycles. The molecule has 0 saturated carbocycles. The molecule has 0 amide bonds. The number of carbonyl (C=O) groups is 1. The van der Waals surface area contributed by atoms with E-state index in [9.17, 15) is 28.1 Å². The molecule has 1 aliphatic heterocycles. The number of hydrogen-bond donors (Lipinski definition) is 1. The fraction of sp³-hybridized carbons (Fsp3) is 0.500. The van der Waals surface area contributed by atoms with E-state index in [1.807, 2.05) is 11.2 Å². The summed E-state index contributed by atoms with van der Waals surface area (Å²) in [4.78, 5) is 26.6. The van der Waals surface area contributed by atoms with Crippen LogP contribution >= 0.6 is 0 Å². The summed E-state index contributed by atoms with van der Waals surface area (Å²) in [6.07, 6.45) is 0.00283. The van der Waals surface area contributed by atoms with E-state index in [4.69, 9.17) is 4.74 Å². The van der Waals surface area contributed by atoms with Crippen LogP contribution in [0.1, 0.15) is 84.8 Å². The standard InChI is InChI=1S/C28H32F3N3O3/c1-2-3-4-6-20(24-17-22(28(29,30)31)10-9-21(24)19-32)7-5-8-27(35)25-18-23(33-36)11-12-26(25)34-13-15-37-16-14-34/h9-12,17-18,20H,2-8,13-16H2,1H3/p+1. The van der Waals surface area contributed by atoms with E-state index in [-0.39, 0.29) is 23.7 Å². The quantitative estimate of drug-likeness (QED) is 0.293. The maximum Gasteiger partial charge on any atom is 0.416 e. The number of unbranched alkanes of at least 4 members (excludes halogenated alkanes) is 2. The zero-order chi connectivity index (χ0) is 26.8. The number of ether oxygens (including phenoxy) is 1. The minimum absolute atomic E-state index is 0.129. The summed E-state index contributed by atoms with van der Waals surface area (Å²) in [5.74, 6) is -0.389. The lowest BCUT2D eigenvalue weighted by atomic mass is 9.84. The Bertz CT molecular complexity index is 1120. The van der Waals surface area contributed by atoms with Gasteiger partial charge in [0.05, 0.1) is 30.4 Å². The predicted octanol–water partition coefficient (Wildman–Crippen LogP) is 5.61. The van der Waals surface area contributed by atoms with Crippen LogP contribution in [0.2, 0.25) is 0 Å². The highest BCUT2D eigenvalue weighted by Crippen LogP contribution is 2.36. The van der Waals surface area contributed by atoms with E-state index in [0.29, 0.717) is 62.4 Å². The van der Waals surface area contributed by atoms with Crippen LogP contribution in [0.5, 0.6) is 0 Å². The molecule has 2 aromatic rings. The van der Waals surface area contributed by atoms with Crippen LogP contribution < -0.4 is 10.1 Å². The fourth-order valence-electron chi connectivity index (χ4n) is 4.82. The SMILES string of the molecule is CCCCCC(CCCC(=O)c1cc([NH+]=O)ccc1N1CCOCC1)c1cc(C(F)(F)F)ccc1C#N. The predicted molar refractivity (Wildman–Crippen MR) is 135 cm³/mol. The van der Waals surface area contributed by atoms with Crippen LogP contribution in [0, 0.1) is 16.2 Å². The van der Waals surface area contributed by atoms with Crippen molar-refractivity contribution in [2.45, 2.75) is 64.0 Å². The molecule has 0 aromatic heterocycles. The number of ketones is 1. The molecule has 1 atom stereocenters. The average Bonchev–Trinajstić information content (AvgIpc) is 2.91. The van der Waals surface area contributed by atoms with E-state index in [2.05, 4.69) is 11.8 Å². The third kappa shape index (κ3) is 7.62. The maximum atomic E-state index is 13.4. The molecule has 2 aromatic carbocycles. The lowest BCUT2D eigenvalue weighted by Crippen LogP contribution is -2.55. The number of morpholine rings is 1. The molecule has 1 fully saturated rings.